The number of carbonyl (C=O) groups excluding carboxylic acids is 2. The molecule has 2 amide bonds. The van der Waals surface area contributed by atoms with E-state index in [-0.39, 0.29) is 11.8 Å². The van der Waals surface area contributed by atoms with E-state index in [0.29, 0.717) is 24.2 Å². The average molecular weight is 392 g/mol. The summed E-state index contributed by atoms with van der Waals surface area (Å²) in [4.78, 5) is 31.6. The summed E-state index contributed by atoms with van der Waals surface area (Å²) in [5.74, 6) is 0.120. The lowest BCUT2D eigenvalue weighted by Crippen LogP contribution is -2.49. The van der Waals surface area contributed by atoms with Crippen LogP contribution in [-0.4, -0.2) is 60.9 Å². The Morgan fingerprint density at radius 2 is 1.21 bits per heavy atom. The van der Waals surface area contributed by atoms with Crippen LogP contribution in [0.2, 0.25) is 0 Å². The summed E-state index contributed by atoms with van der Waals surface area (Å²) in [5.41, 5.74) is 5.20. The molecule has 0 atom stereocenters. The van der Waals surface area contributed by atoms with Crippen molar-refractivity contribution in [3.8, 4) is 0 Å². The standard InChI is InChI=1S/C24H29N3O2/c1-18-6-5-7-22(19(18)2)25-14-16-27(17-15-25)24(29)21-10-8-20(9-11-21)23(28)26-12-3-4-13-26/h5-11H,3-4,12-17H2,1-2H3. The Bertz CT molecular complexity index is 893. The second-order valence-electron chi connectivity index (χ2n) is 8.07. The lowest BCUT2D eigenvalue weighted by Gasteiger charge is -2.37. The number of amides is 2. The van der Waals surface area contributed by atoms with Gasteiger partial charge in [-0.15, -0.1) is 0 Å². The first-order valence-corrected chi connectivity index (χ1v) is 10.5. The summed E-state index contributed by atoms with van der Waals surface area (Å²) in [5, 5.41) is 0. The molecule has 29 heavy (non-hydrogen) atoms. The third-order valence-electron chi connectivity index (χ3n) is 6.26. The third-order valence-corrected chi connectivity index (χ3v) is 6.26. The molecule has 0 bridgehead atoms. The molecule has 0 unspecified atom stereocenters. The molecule has 2 heterocycles. The van der Waals surface area contributed by atoms with Gasteiger partial charge in [0.2, 0.25) is 0 Å². The summed E-state index contributed by atoms with van der Waals surface area (Å²) in [6.45, 7) is 9.06. The Morgan fingerprint density at radius 3 is 1.76 bits per heavy atom. The number of likely N-dealkylation sites (tertiary alicyclic amines) is 1. The summed E-state index contributed by atoms with van der Waals surface area (Å²) in [7, 11) is 0. The van der Waals surface area contributed by atoms with Crippen LogP contribution in [0.1, 0.15) is 44.7 Å². The minimum absolute atomic E-state index is 0.0470. The zero-order chi connectivity index (χ0) is 20.4. The van der Waals surface area contributed by atoms with Gasteiger partial charge < -0.3 is 14.7 Å². The monoisotopic (exact) mass is 391 g/mol. The molecule has 5 nitrogen and oxygen atoms in total. The molecular weight excluding hydrogens is 362 g/mol. The quantitative estimate of drug-likeness (QED) is 0.804. The summed E-state index contributed by atoms with van der Waals surface area (Å²) in [6, 6.07) is 13.6. The van der Waals surface area contributed by atoms with Gasteiger partial charge in [0.05, 0.1) is 0 Å². The van der Waals surface area contributed by atoms with E-state index in [2.05, 4.69) is 36.9 Å². The van der Waals surface area contributed by atoms with Crippen molar-refractivity contribution in [2.45, 2.75) is 26.7 Å². The van der Waals surface area contributed by atoms with Crippen LogP contribution < -0.4 is 4.90 Å². The molecule has 2 aliphatic rings. The van der Waals surface area contributed by atoms with Crippen molar-refractivity contribution >= 4 is 17.5 Å². The topological polar surface area (TPSA) is 43.9 Å². The number of hydrogen-bond acceptors (Lipinski definition) is 3. The summed E-state index contributed by atoms with van der Waals surface area (Å²) < 4.78 is 0. The normalized spacial score (nSPS) is 17.0. The van der Waals surface area contributed by atoms with E-state index < -0.39 is 0 Å². The SMILES string of the molecule is Cc1cccc(N2CCN(C(=O)c3ccc(C(=O)N4CCCC4)cc3)CC2)c1C. The summed E-state index contributed by atoms with van der Waals surface area (Å²) in [6.07, 6.45) is 2.16. The number of benzene rings is 2. The van der Waals surface area contributed by atoms with Gasteiger partial charge in [-0.3, -0.25) is 9.59 Å². The van der Waals surface area contributed by atoms with Crippen LogP contribution in [0.25, 0.3) is 0 Å². The highest BCUT2D eigenvalue weighted by Gasteiger charge is 2.24. The predicted molar refractivity (Wildman–Crippen MR) is 116 cm³/mol. The van der Waals surface area contributed by atoms with Gasteiger partial charge in [0.15, 0.2) is 0 Å². The fourth-order valence-electron chi connectivity index (χ4n) is 4.27. The maximum Gasteiger partial charge on any atom is 0.253 e. The minimum atomic E-state index is 0.0470. The van der Waals surface area contributed by atoms with E-state index in [4.69, 9.17) is 0 Å². The molecule has 0 aromatic heterocycles. The van der Waals surface area contributed by atoms with Crippen molar-refractivity contribution in [1.29, 1.82) is 0 Å². The number of hydrogen-bond donors (Lipinski definition) is 0. The molecule has 4 rings (SSSR count). The van der Waals surface area contributed by atoms with Crippen molar-refractivity contribution in [1.82, 2.24) is 9.80 Å². The lowest BCUT2D eigenvalue weighted by atomic mass is 10.1. The van der Waals surface area contributed by atoms with E-state index in [1.54, 1.807) is 24.3 Å². The molecular formula is C24H29N3O2. The molecule has 0 spiro atoms. The Hall–Kier alpha value is -2.82. The van der Waals surface area contributed by atoms with Gasteiger partial charge in [-0.1, -0.05) is 12.1 Å². The van der Waals surface area contributed by atoms with E-state index in [1.807, 2.05) is 9.80 Å². The van der Waals surface area contributed by atoms with E-state index >= 15 is 0 Å². The van der Waals surface area contributed by atoms with Gasteiger partial charge in [-0.25, -0.2) is 0 Å². The first-order valence-electron chi connectivity index (χ1n) is 10.5. The van der Waals surface area contributed by atoms with Crippen molar-refractivity contribution in [2.24, 2.45) is 0 Å². The molecule has 0 saturated carbocycles. The Morgan fingerprint density at radius 1 is 0.690 bits per heavy atom. The smallest absolute Gasteiger partial charge is 0.253 e. The average Bonchev–Trinajstić information content (AvgIpc) is 3.30. The molecule has 152 valence electrons. The Labute approximate surface area is 172 Å². The van der Waals surface area contributed by atoms with Crippen molar-refractivity contribution in [3.05, 3.63) is 64.7 Å². The molecule has 0 aliphatic carbocycles. The number of piperazine rings is 1. The number of anilines is 1. The number of rotatable bonds is 3. The molecule has 2 aromatic carbocycles. The Balaban J connectivity index is 1.38. The van der Waals surface area contributed by atoms with Gasteiger partial charge in [0.1, 0.15) is 0 Å². The van der Waals surface area contributed by atoms with Gasteiger partial charge in [0.25, 0.3) is 11.8 Å². The van der Waals surface area contributed by atoms with Crippen LogP contribution in [0.3, 0.4) is 0 Å². The fraction of sp³-hybridized carbons (Fsp3) is 0.417. The predicted octanol–water partition coefficient (Wildman–Crippen LogP) is 3.50. The molecule has 2 aliphatic heterocycles. The van der Waals surface area contributed by atoms with Gasteiger partial charge in [0, 0.05) is 56.1 Å². The van der Waals surface area contributed by atoms with E-state index in [0.717, 1.165) is 39.0 Å². The first kappa shape index (κ1) is 19.5. The maximum atomic E-state index is 12.9. The van der Waals surface area contributed by atoms with E-state index in [9.17, 15) is 9.59 Å². The van der Waals surface area contributed by atoms with Crippen LogP contribution in [0.5, 0.6) is 0 Å². The largest absolute Gasteiger partial charge is 0.368 e. The van der Waals surface area contributed by atoms with Crippen molar-refractivity contribution in [2.75, 3.05) is 44.2 Å². The van der Waals surface area contributed by atoms with Crippen molar-refractivity contribution in [3.63, 3.8) is 0 Å². The fourth-order valence-corrected chi connectivity index (χ4v) is 4.27. The Kier molecular flexibility index (Phi) is 5.56. The molecule has 2 aromatic rings. The number of aryl methyl sites for hydroxylation is 1. The van der Waals surface area contributed by atoms with Crippen LogP contribution in [-0.2, 0) is 0 Å². The van der Waals surface area contributed by atoms with Gasteiger partial charge in [-0.05, 0) is 68.1 Å². The van der Waals surface area contributed by atoms with Crippen LogP contribution in [0, 0.1) is 13.8 Å². The highest BCUT2D eigenvalue weighted by atomic mass is 16.2. The van der Waals surface area contributed by atoms with Gasteiger partial charge >= 0.3 is 0 Å². The summed E-state index contributed by atoms with van der Waals surface area (Å²) >= 11 is 0. The number of nitrogens with zero attached hydrogens (tertiary/aromatic N) is 3. The zero-order valence-electron chi connectivity index (χ0n) is 17.4. The molecule has 0 radical (unpaired) electrons. The minimum Gasteiger partial charge on any atom is -0.368 e. The first-order chi connectivity index (χ1) is 14.0. The van der Waals surface area contributed by atoms with Crippen LogP contribution in [0.4, 0.5) is 5.69 Å². The maximum absolute atomic E-state index is 12.9. The van der Waals surface area contributed by atoms with E-state index in [1.165, 1.54) is 16.8 Å². The molecule has 0 N–H and O–H groups in total. The molecule has 2 saturated heterocycles. The van der Waals surface area contributed by atoms with Crippen LogP contribution in [0.15, 0.2) is 42.5 Å². The lowest BCUT2D eigenvalue weighted by molar-refractivity contribution is 0.0744. The second-order valence-corrected chi connectivity index (χ2v) is 8.07. The molecule has 5 heteroatoms. The highest BCUT2D eigenvalue weighted by molar-refractivity contribution is 5.98. The third kappa shape index (κ3) is 4.00. The van der Waals surface area contributed by atoms with Gasteiger partial charge in [-0.2, -0.15) is 0 Å². The van der Waals surface area contributed by atoms with Crippen molar-refractivity contribution < 1.29 is 9.59 Å². The second kappa shape index (κ2) is 8.27. The highest BCUT2D eigenvalue weighted by Crippen LogP contribution is 2.24. The zero-order valence-corrected chi connectivity index (χ0v) is 17.4. The molecule has 2 fully saturated rings. The number of carbonyl (C=O) groups is 2. The van der Waals surface area contributed by atoms with Crippen LogP contribution >= 0.6 is 0 Å².